The highest BCUT2D eigenvalue weighted by molar-refractivity contribution is 5.78. The minimum Gasteiger partial charge on any atom is -0.300 e. The molecule has 1 aliphatic rings. The lowest BCUT2D eigenvalue weighted by molar-refractivity contribution is -0.120. The van der Waals surface area contributed by atoms with Crippen LogP contribution in [0.15, 0.2) is 0 Å². The average molecular weight is 155 g/mol. The smallest absolute Gasteiger partial charge is 0.134 e. The van der Waals surface area contributed by atoms with E-state index in [2.05, 4.69) is 18.7 Å². The maximum atomic E-state index is 11.0. The molecule has 0 spiro atoms. The van der Waals surface area contributed by atoms with Crippen molar-refractivity contribution in [2.75, 3.05) is 13.1 Å². The lowest BCUT2D eigenvalue weighted by Gasteiger charge is -2.19. The van der Waals surface area contributed by atoms with Crippen molar-refractivity contribution in [2.24, 2.45) is 5.92 Å². The molecule has 0 aromatic heterocycles. The van der Waals surface area contributed by atoms with E-state index in [0.29, 0.717) is 17.7 Å². The molecule has 0 aliphatic carbocycles. The molecule has 0 bridgehead atoms. The quantitative estimate of drug-likeness (QED) is 0.599. The number of carbonyl (C=O) groups excluding carboxylic acids is 1. The number of nitrogens with zero attached hydrogens (tertiary/aromatic N) is 1. The van der Waals surface area contributed by atoms with E-state index in [0.717, 1.165) is 19.5 Å². The van der Waals surface area contributed by atoms with Crippen LogP contribution in [0.4, 0.5) is 0 Å². The number of Topliss-reactive ketones (excluding diaryl/α,β-unsaturated/α-hetero) is 1. The molecule has 0 unspecified atom stereocenters. The van der Waals surface area contributed by atoms with Crippen molar-refractivity contribution in [1.29, 1.82) is 0 Å². The minimum absolute atomic E-state index is 0.317. The van der Waals surface area contributed by atoms with Gasteiger partial charge in [0.05, 0.1) is 0 Å². The maximum absolute atomic E-state index is 11.0. The fourth-order valence-electron chi connectivity index (χ4n) is 1.59. The van der Waals surface area contributed by atoms with Gasteiger partial charge in [-0.15, -0.1) is 0 Å². The molecule has 0 aromatic rings. The van der Waals surface area contributed by atoms with Gasteiger partial charge in [0.2, 0.25) is 0 Å². The molecule has 1 heterocycles. The summed E-state index contributed by atoms with van der Waals surface area (Å²) in [6, 6.07) is 0.597. The van der Waals surface area contributed by atoms with Crippen LogP contribution in [0, 0.1) is 5.92 Å². The van der Waals surface area contributed by atoms with Gasteiger partial charge in [-0.3, -0.25) is 4.79 Å². The molecule has 2 nitrogen and oxygen atoms in total. The summed E-state index contributed by atoms with van der Waals surface area (Å²) in [7, 11) is 0. The average Bonchev–Trinajstić information content (AvgIpc) is 2.33. The molecule has 11 heavy (non-hydrogen) atoms. The van der Waals surface area contributed by atoms with Crippen molar-refractivity contribution in [3.63, 3.8) is 0 Å². The number of hydrogen-bond donors (Lipinski definition) is 0. The second-order valence-electron chi connectivity index (χ2n) is 3.68. The molecule has 1 aliphatic heterocycles. The molecule has 2 heteroatoms. The van der Waals surface area contributed by atoms with Crippen LogP contribution in [-0.4, -0.2) is 29.8 Å². The van der Waals surface area contributed by atoms with Gasteiger partial charge in [0.15, 0.2) is 0 Å². The highest BCUT2D eigenvalue weighted by Gasteiger charge is 2.26. The zero-order valence-electron chi connectivity index (χ0n) is 7.63. The molecule has 1 atom stereocenters. The van der Waals surface area contributed by atoms with E-state index >= 15 is 0 Å². The van der Waals surface area contributed by atoms with Crippen molar-refractivity contribution in [2.45, 2.75) is 33.2 Å². The summed E-state index contributed by atoms with van der Waals surface area (Å²) < 4.78 is 0. The SMILES string of the molecule is CC(=O)[C@H]1CCN(C(C)C)C1. The fraction of sp³-hybridized carbons (Fsp3) is 0.889. The predicted molar refractivity (Wildman–Crippen MR) is 45.5 cm³/mol. The summed E-state index contributed by atoms with van der Waals surface area (Å²) in [5, 5.41) is 0. The highest BCUT2D eigenvalue weighted by atomic mass is 16.1. The van der Waals surface area contributed by atoms with E-state index in [-0.39, 0.29) is 0 Å². The first kappa shape index (κ1) is 8.72. The molecule has 1 fully saturated rings. The summed E-state index contributed by atoms with van der Waals surface area (Å²) >= 11 is 0. The van der Waals surface area contributed by atoms with E-state index in [1.165, 1.54) is 0 Å². The third-order valence-electron chi connectivity index (χ3n) is 2.52. The van der Waals surface area contributed by atoms with Gasteiger partial charge in [0.1, 0.15) is 5.78 Å². The van der Waals surface area contributed by atoms with E-state index in [9.17, 15) is 4.79 Å². The Morgan fingerprint density at radius 3 is 2.45 bits per heavy atom. The van der Waals surface area contributed by atoms with Gasteiger partial charge in [-0.25, -0.2) is 0 Å². The molecular weight excluding hydrogens is 138 g/mol. The molecular formula is C9H17NO. The number of likely N-dealkylation sites (tertiary alicyclic amines) is 1. The fourth-order valence-corrected chi connectivity index (χ4v) is 1.59. The molecule has 0 N–H and O–H groups in total. The Hall–Kier alpha value is -0.370. The second-order valence-corrected chi connectivity index (χ2v) is 3.68. The zero-order valence-corrected chi connectivity index (χ0v) is 7.63. The Bertz CT molecular complexity index is 154. The largest absolute Gasteiger partial charge is 0.300 e. The lowest BCUT2D eigenvalue weighted by atomic mass is 10.1. The van der Waals surface area contributed by atoms with E-state index in [1.54, 1.807) is 6.92 Å². The summed E-state index contributed by atoms with van der Waals surface area (Å²) in [6.07, 6.45) is 1.06. The van der Waals surface area contributed by atoms with Crippen molar-refractivity contribution >= 4 is 5.78 Å². The number of carbonyl (C=O) groups is 1. The van der Waals surface area contributed by atoms with Crippen molar-refractivity contribution in [3.8, 4) is 0 Å². The van der Waals surface area contributed by atoms with Gasteiger partial charge >= 0.3 is 0 Å². The minimum atomic E-state index is 0.317. The van der Waals surface area contributed by atoms with E-state index in [4.69, 9.17) is 0 Å². The summed E-state index contributed by atoms with van der Waals surface area (Å²) in [4.78, 5) is 13.4. The van der Waals surface area contributed by atoms with Crippen LogP contribution in [0.5, 0.6) is 0 Å². The van der Waals surface area contributed by atoms with E-state index in [1.807, 2.05) is 0 Å². The lowest BCUT2D eigenvalue weighted by Crippen LogP contribution is -2.29. The Balaban J connectivity index is 2.41. The second kappa shape index (κ2) is 3.35. The third-order valence-corrected chi connectivity index (χ3v) is 2.52. The van der Waals surface area contributed by atoms with Crippen molar-refractivity contribution < 1.29 is 4.79 Å². The molecule has 64 valence electrons. The normalized spacial score (nSPS) is 26.4. The molecule has 0 aromatic carbocycles. The molecule has 0 radical (unpaired) electrons. The first-order valence-electron chi connectivity index (χ1n) is 4.35. The van der Waals surface area contributed by atoms with Crippen molar-refractivity contribution in [3.05, 3.63) is 0 Å². The Morgan fingerprint density at radius 1 is 1.55 bits per heavy atom. The maximum Gasteiger partial charge on any atom is 0.134 e. The predicted octanol–water partition coefficient (Wildman–Crippen LogP) is 1.31. The number of ketones is 1. The van der Waals surface area contributed by atoms with Gasteiger partial charge in [-0.1, -0.05) is 0 Å². The number of hydrogen-bond acceptors (Lipinski definition) is 2. The first-order valence-corrected chi connectivity index (χ1v) is 4.35. The van der Waals surface area contributed by atoms with Crippen LogP contribution in [-0.2, 0) is 4.79 Å². The highest BCUT2D eigenvalue weighted by Crippen LogP contribution is 2.18. The van der Waals surface area contributed by atoms with Gasteiger partial charge in [0.25, 0.3) is 0 Å². The number of rotatable bonds is 2. The zero-order chi connectivity index (χ0) is 8.43. The first-order chi connectivity index (χ1) is 5.11. The standard InChI is InChI=1S/C9H17NO/c1-7(2)10-5-4-9(6-10)8(3)11/h7,9H,4-6H2,1-3H3/t9-/m0/s1. The molecule has 0 saturated carbocycles. The van der Waals surface area contributed by atoms with Crippen LogP contribution >= 0.6 is 0 Å². The Morgan fingerprint density at radius 2 is 2.18 bits per heavy atom. The van der Waals surface area contributed by atoms with Gasteiger partial charge in [-0.2, -0.15) is 0 Å². The molecule has 0 amide bonds. The van der Waals surface area contributed by atoms with Gasteiger partial charge in [-0.05, 0) is 33.7 Å². The van der Waals surface area contributed by atoms with Gasteiger partial charge < -0.3 is 4.90 Å². The molecule has 1 saturated heterocycles. The topological polar surface area (TPSA) is 20.3 Å². The molecule has 1 rings (SSSR count). The Kier molecular flexibility index (Phi) is 2.66. The van der Waals surface area contributed by atoms with Crippen LogP contribution in [0.1, 0.15) is 27.2 Å². The Labute approximate surface area is 68.6 Å². The monoisotopic (exact) mass is 155 g/mol. The van der Waals surface area contributed by atoms with Crippen LogP contribution in [0.25, 0.3) is 0 Å². The third kappa shape index (κ3) is 2.03. The summed E-state index contributed by atoms with van der Waals surface area (Å²) in [5.74, 6) is 0.672. The summed E-state index contributed by atoms with van der Waals surface area (Å²) in [5.41, 5.74) is 0. The summed E-state index contributed by atoms with van der Waals surface area (Å²) in [6.45, 7) is 8.15. The van der Waals surface area contributed by atoms with E-state index < -0.39 is 0 Å². The van der Waals surface area contributed by atoms with Crippen LogP contribution in [0.3, 0.4) is 0 Å². The van der Waals surface area contributed by atoms with Crippen LogP contribution < -0.4 is 0 Å². The van der Waals surface area contributed by atoms with Crippen molar-refractivity contribution in [1.82, 2.24) is 4.90 Å². The van der Waals surface area contributed by atoms with Gasteiger partial charge in [0, 0.05) is 18.5 Å². The van der Waals surface area contributed by atoms with Crippen LogP contribution in [0.2, 0.25) is 0 Å².